The van der Waals surface area contributed by atoms with E-state index < -0.39 is 22.0 Å². The number of amides is 2. The zero-order valence-electron chi connectivity index (χ0n) is 22.0. The lowest BCUT2D eigenvalue weighted by molar-refractivity contribution is -0.140. The van der Waals surface area contributed by atoms with Crippen LogP contribution in [-0.2, 0) is 26.0 Å². The van der Waals surface area contributed by atoms with Crippen LogP contribution in [0.5, 0.6) is 0 Å². The summed E-state index contributed by atoms with van der Waals surface area (Å²) in [5, 5.41) is 3.16. The lowest BCUT2D eigenvalue weighted by Crippen LogP contribution is -2.54. The highest BCUT2D eigenvalue weighted by Gasteiger charge is 2.32. The first-order valence-electron chi connectivity index (χ1n) is 13.0. The molecule has 0 saturated heterocycles. The minimum atomic E-state index is -3.75. The Bertz CT molecular complexity index is 1170. The highest BCUT2D eigenvalue weighted by atomic mass is 79.9. The summed E-state index contributed by atoms with van der Waals surface area (Å²) in [6, 6.07) is 14.4. The van der Waals surface area contributed by atoms with Gasteiger partial charge in [-0.2, -0.15) is 0 Å². The number of carbonyl (C=O) groups excluding carboxylic acids is 2. The number of hydrogen-bond donors (Lipinski definition) is 1. The fourth-order valence-electron chi connectivity index (χ4n) is 4.84. The highest BCUT2D eigenvalue weighted by Crippen LogP contribution is 2.25. The molecule has 0 bridgehead atoms. The molecule has 3 rings (SSSR count). The van der Waals surface area contributed by atoms with Crippen LogP contribution < -0.4 is 9.62 Å². The van der Waals surface area contributed by atoms with Crippen LogP contribution in [0.1, 0.15) is 56.6 Å². The lowest BCUT2D eigenvalue weighted by Gasteiger charge is -2.34. The smallest absolute Gasteiger partial charge is 0.244 e. The Kier molecular flexibility index (Phi) is 10.6. The van der Waals surface area contributed by atoms with Crippen LogP contribution in [0.25, 0.3) is 0 Å². The highest BCUT2D eigenvalue weighted by molar-refractivity contribution is 9.10. The average molecular weight is 593 g/mol. The summed E-state index contributed by atoms with van der Waals surface area (Å²) in [6.07, 6.45) is 7.37. The zero-order valence-corrected chi connectivity index (χ0v) is 24.4. The Morgan fingerprint density at radius 3 is 2.35 bits per heavy atom. The van der Waals surface area contributed by atoms with Gasteiger partial charge in [-0.1, -0.05) is 72.4 Å². The van der Waals surface area contributed by atoms with Gasteiger partial charge >= 0.3 is 0 Å². The molecular formula is C28H38BrN3O4S. The molecule has 1 fully saturated rings. The number of nitrogens with zero attached hydrogens (tertiary/aromatic N) is 2. The lowest BCUT2D eigenvalue weighted by atomic mass is 9.95. The molecule has 0 aromatic heterocycles. The molecule has 1 N–H and O–H groups in total. The molecule has 1 aliphatic carbocycles. The van der Waals surface area contributed by atoms with E-state index in [2.05, 4.69) is 21.2 Å². The van der Waals surface area contributed by atoms with Gasteiger partial charge in [0.2, 0.25) is 21.8 Å². The summed E-state index contributed by atoms with van der Waals surface area (Å²) in [5.74, 6) is -0.561. The monoisotopic (exact) mass is 591 g/mol. The van der Waals surface area contributed by atoms with Crippen molar-refractivity contribution in [3.8, 4) is 0 Å². The number of hydrogen-bond acceptors (Lipinski definition) is 4. The van der Waals surface area contributed by atoms with Crippen molar-refractivity contribution in [2.24, 2.45) is 0 Å². The van der Waals surface area contributed by atoms with E-state index in [4.69, 9.17) is 0 Å². The van der Waals surface area contributed by atoms with Crippen molar-refractivity contribution < 1.29 is 18.0 Å². The molecular weight excluding hydrogens is 554 g/mol. The van der Waals surface area contributed by atoms with Crippen molar-refractivity contribution in [1.29, 1.82) is 0 Å². The minimum absolute atomic E-state index is 0.125. The summed E-state index contributed by atoms with van der Waals surface area (Å²) in [6.45, 7) is 3.70. The van der Waals surface area contributed by atoms with Gasteiger partial charge in [-0.25, -0.2) is 8.42 Å². The van der Waals surface area contributed by atoms with E-state index >= 15 is 0 Å². The first-order chi connectivity index (χ1) is 17.6. The molecule has 9 heteroatoms. The standard InChI is InChI=1S/C28H38BrN3O4S/c1-4-26(28(34)30-23-13-9-6-10-14-23)31(18-17-22-11-7-5-8-12-22)27(33)20-32(37(3,35)36)24-15-16-25(29)21(2)19-24/h5,7-8,11-12,15-16,19,23,26H,4,6,9-10,13-14,17-18,20H2,1-3H3,(H,30,34)/t26-/m1/s1. The molecule has 1 saturated carbocycles. The van der Waals surface area contributed by atoms with E-state index in [-0.39, 0.29) is 18.5 Å². The van der Waals surface area contributed by atoms with E-state index in [1.54, 1.807) is 23.1 Å². The fourth-order valence-corrected chi connectivity index (χ4v) is 5.93. The number of carbonyl (C=O) groups is 2. The SMILES string of the molecule is CC[C@H](C(=O)NC1CCCCC1)N(CCc1ccccc1)C(=O)CN(c1ccc(Br)c(C)c1)S(C)(=O)=O. The Hall–Kier alpha value is -2.39. The van der Waals surface area contributed by atoms with Gasteiger partial charge in [-0.15, -0.1) is 0 Å². The minimum Gasteiger partial charge on any atom is -0.352 e. The molecule has 0 spiro atoms. The molecule has 1 atom stereocenters. The van der Waals surface area contributed by atoms with E-state index in [1.807, 2.05) is 44.2 Å². The van der Waals surface area contributed by atoms with Crippen molar-refractivity contribution in [3.05, 3.63) is 64.1 Å². The number of nitrogens with one attached hydrogen (secondary N) is 1. The molecule has 202 valence electrons. The van der Waals surface area contributed by atoms with Gasteiger partial charge in [0.05, 0.1) is 11.9 Å². The summed E-state index contributed by atoms with van der Waals surface area (Å²) in [7, 11) is -3.75. The second kappa shape index (κ2) is 13.4. The number of anilines is 1. The Balaban J connectivity index is 1.87. The van der Waals surface area contributed by atoms with Gasteiger partial charge in [0.1, 0.15) is 12.6 Å². The van der Waals surface area contributed by atoms with Gasteiger partial charge in [0.25, 0.3) is 0 Å². The van der Waals surface area contributed by atoms with Crippen molar-refractivity contribution in [2.75, 3.05) is 23.7 Å². The first kappa shape index (κ1) is 29.2. The number of halogens is 1. The van der Waals surface area contributed by atoms with Gasteiger partial charge in [-0.05, 0) is 61.9 Å². The van der Waals surface area contributed by atoms with E-state index in [9.17, 15) is 18.0 Å². The summed E-state index contributed by atoms with van der Waals surface area (Å²) in [4.78, 5) is 28.7. The average Bonchev–Trinajstić information content (AvgIpc) is 2.87. The van der Waals surface area contributed by atoms with Crippen molar-refractivity contribution in [3.63, 3.8) is 0 Å². The summed E-state index contributed by atoms with van der Waals surface area (Å²) in [5.41, 5.74) is 2.32. The third kappa shape index (κ3) is 8.30. The largest absolute Gasteiger partial charge is 0.352 e. The number of sulfonamides is 1. The third-order valence-corrected chi connectivity index (χ3v) is 8.96. The number of benzene rings is 2. The summed E-state index contributed by atoms with van der Waals surface area (Å²) >= 11 is 3.44. The maximum atomic E-state index is 13.8. The number of rotatable bonds is 11. The number of aryl methyl sites for hydroxylation is 1. The van der Waals surface area contributed by atoms with Crippen LogP contribution in [0.4, 0.5) is 5.69 Å². The van der Waals surface area contributed by atoms with Crippen molar-refractivity contribution >= 4 is 43.5 Å². The second-order valence-electron chi connectivity index (χ2n) is 9.79. The second-order valence-corrected chi connectivity index (χ2v) is 12.6. The Labute approximate surface area is 229 Å². The summed E-state index contributed by atoms with van der Waals surface area (Å²) < 4.78 is 27.5. The zero-order chi connectivity index (χ0) is 27.0. The topological polar surface area (TPSA) is 86.8 Å². The predicted molar refractivity (Wildman–Crippen MR) is 152 cm³/mol. The van der Waals surface area contributed by atoms with Crippen molar-refractivity contribution in [2.45, 2.75) is 70.9 Å². The molecule has 0 aliphatic heterocycles. The van der Waals surface area contributed by atoms with E-state index in [0.29, 0.717) is 25.1 Å². The first-order valence-corrected chi connectivity index (χ1v) is 15.6. The Morgan fingerprint density at radius 1 is 1.08 bits per heavy atom. The molecule has 0 heterocycles. The fraction of sp³-hybridized carbons (Fsp3) is 0.500. The molecule has 7 nitrogen and oxygen atoms in total. The molecule has 1 aliphatic rings. The molecule has 0 unspecified atom stereocenters. The van der Waals surface area contributed by atoms with Gasteiger partial charge in [0.15, 0.2) is 0 Å². The van der Waals surface area contributed by atoms with Crippen LogP contribution >= 0.6 is 15.9 Å². The third-order valence-electron chi connectivity index (χ3n) is 6.93. The quantitative estimate of drug-likeness (QED) is 0.406. The van der Waals surface area contributed by atoms with Crippen LogP contribution in [0.15, 0.2) is 53.0 Å². The van der Waals surface area contributed by atoms with Gasteiger partial charge in [0, 0.05) is 17.1 Å². The molecule has 0 radical (unpaired) electrons. The normalized spacial score (nSPS) is 15.1. The predicted octanol–water partition coefficient (Wildman–Crippen LogP) is 4.82. The Morgan fingerprint density at radius 2 is 1.76 bits per heavy atom. The maximum absolute atomic E-state index is 13.8. The molecule has 37 heavy (non-hydrogen) atoms. The van der Waals surface area contributed by atoms with E-state index in [0.717, 1.165) is 51.8 Å². The van der Waals surface area contributed by atoms with Gasteiger partial charge in [-0.3, -0.25) is 13.9 Å². The molecule has 2 amide bonds. The van der Waals surface area contributed by atoms with Gasteiger partial charge < -0.3 is 10.2 Å². The van der Waals surface area contributed by atoms with Crippen molar-refractivity contribution in [1.82, 2.24) is 10.2 Å². The van der Waals surface area contributed by atoms with Crippen LogP contribution in [0, 0.1) is 6.92 Å². The molecule has 2 aromatic carbocycles. The van der Waals surface area contributed by atoms with E-state index in [1.165, 1.54) is 6.42 Å². The van der Waals surface area contributed by atoms with Crippen LogP contribution in [0.2, 0.25) is 0 Å². The van der Waals surface area contributed by atoms with Crippen LogP contribution in [-0.4, -0.2) is 56.6 Å². The molecule has 2 aromatic rings. The maximum Gasteiger partial charge on any atom is 0.244 e. The van der Waals surface area contributed by atoms with Crippen LogP contribution in [0.3, 0.4) is 0 Å².